The van der Waals surface area contributed by atoms with E-state index in [1.54, 1.807) is 0 Å². The summed E-state index contributed by atoms with van der Waals surface area (Å²) in [6.07, 6.45) is 0.637. The molecule has 0 saturated carbocycles. The molecule has 0 unspecified atom stereocenters. The van der Waals surface area contributed by atoms with Gasteiger partial charge in [0.05, 0.1) is 5.75 Å². The van der Waals surface area contributed by atoms with Crippen molar-refractivity contribution in [3.05, 3.63) is 0 Å². The molecule has 0 spiro atoms. The van der Waals surface area contributed by atoms with Crippen LogP contribution in [0.1, 0.15) is 13.3 Å². The lowest BCUT2D eigenvalue weighted by atomic mass is 10.3. The molecule has 0 aromatic carbocycles. The lowest BCUT2D eigenvalue weighted by Crippen LogP contribution is -2.46. The Morgan fingerprint density at radius 1 is 1.13 bits per heavy atom. The Labute approximate surface area is 96.6 Å². The summed E-state index contributed by atoms with van der Waals surface area (Å²) in [4.78, 5) is 4.70. The normalized spacial score (nSPS) is 20.7. The first-order valence-corrected chi connectivity index (χ1v) is 7.86. The quantitative estimate of drug-likeness (QED) is 0.673. The highest BCUT2D eigenvalue weighted by Crippen LogP contribution is 2.04. The first-order chi connectivity index (χ1) is 7.01. The minimum atomic E-state index is -3.31. The van der Waals surface area contributed by atoms with Crippen LogP contribution in [0, 0.1) is 0 Å². The van der Waals surface area contributed by atoms with Gasteiger partial charge in [0.2, 0.25) is 9.05 Å². The van der Waals surface area contributed by atoms with Crippen LogP contribution < -0.4 is 0 Å². The molecule has 4 nitrogen and oxygen atoms in total. The molecule has 0 amide bonds. The van der Waals surface area contributed by atoms with Gasteiger partial charge in [0.1, 0.15) is 0 Å². The van der Waals surface area contributed by atoms with Crippen LogP contribution in [-0.4, -0.2) is 63.2 Å². The van der Waals surface area contributed by atoms with Crippen molar-refractivity contribution in [2.75, 3.05) is 45.0 Å². The summed E-state index contributed by atoms with van der Waals surface area (Å²) >= 11 is 0. The van der Waals surface area contributed by atoms with Crippen LogP contribution >= 0.6 is 10.7 Å². The van der Waals surface area contributed by atoms with Crippen molar-refractivity contribution in [3.8, 4) is 0 Å². The average Bonchev–Trinajstić information content (AvgIpc) is 2.17. The smallest absolute Gasteiger partial charge is 0.232 e. The first kappa shape index (κ1) is 13.2. The topological polar surface area (TPSA) is 40.6 Å². The second kappa shape index (κ2) is 6.03. The molecule has 1 aliphatic heterocycles. The Balaban J connectivity index is 2.14. The van der Waals surface area contributed by atoms with Gasteiger partial charge in [-0.3, -0.25) is 0 Å². The maximum atomic E-state index is 10.7. The van der Waals surface area contributed by atoms with E-state index in [1.165, 1.54) is 0 Å². The molecular weight excluding hydrogens is 236 g/mol. The molecule has 0 radical (unpaired) electrons. The van der Waals surface area contributed by atoms with Crippen LogP contribution in [0.3, 0.4) is 0 Å². The average molecular weight is 255 g/mol. The van der Waals surface area contributed by atoms with Crippen LogP contribution in [0.15, 0.2) is 0 Å². The predicted molar refractivity (Wildman–Crippen MR) is 62.8 cm³/mol. The summed E-state index contributed by atoms with van der Waals surface area (Å²) in [6, 6.07) is 0. The number of hydrogen-bond acceptors (Lipinski definition) is 4. The fraction of sp³-hybridized carbons (Fsp3) is 1.00. The zero-order chi connectivity index (χ0) is 11.3. The van der Waals surface area contributed by atoms with Crippen LogP contribution in [0.25, 0.3) is 0 Å². The number of nitrogens with zero attached hydrogens (tertiary/aromatic N) is 2. The molecule has 0 N–H and O–H groups in total. The summed E-state index contributed by atoms with van der Waals surface area (Å²) in [6.45, 7) is 8.35. The number of piperazine rings is 1. The Morgan fingerprint density at radius 3 is 2.13 bits per heavy atom. The maximum absolute atomic E-state index is 10.7. The van der Waals surface area contributed by atoms with Gasteiger partial charge in [0.25, 0.3) is 0 Å². The first-order valence-electron chi connectivity index (χ1n) is 5.38. The largest absolute Gasteiger partial charge is 0.301 e. The van der Waals surface area contributed by atoms with Gasteiger partial charge in [0, 0.05) is 36.9 Å². The van der Waals surface area contributed by atoms with Gasteiger partial charge in [-0.15, -0.1) is 0 Å². The molecular formula is C9H19ClN2O2S. The highest BCUT2D eigenvalue weighted by molar-refractivity contribution is 8.13. The molecule has 1 aliphatic rings. The molecule has 0 aliphatic carbocycles. The minimum Gasteiger partial charge on any atom is -0.301 e. The van der Waals surface area contributed by atoms with Crippen LogP contribution in [0.5, 0.6) is 0 Å². The van der Waals surface area contributed by atoms with E-state index in [2.05, 4.69) is 16.7 Å². The molecule has 0 bridgehead atoms. The molecule has 90 valence electrons. The summed E-state index contributed by atoms with van der Waals surface area (Å²) in [7, 11) is 1.84. The van der Waals surface area contributed by atoms with Crippen LogP contribution in [0.4, 0.5) is 0 Å². The highest BCUT2D eigenvalue weighted by Gasteiger charge is 2.15. The van der Waals surface area contributed by atoms with Crippen molar-refractivity contribution in [3.63, 3.8) is 0 Å². The van der Waals surface area contributed by atoms with Gasteiger partial charge in [0.15, 0.2) is 0 Å². The van der Waals surface area contributed by atoms with Crippen molar-refractivity contribution < 1.29 is 8.42 Å². The molecule has 1 rings (SSSR count). The van der Waals surface area contributed by atoms with Crippen molar-refractivity contribution in [1.82, 2.24) is 9.80 Å². The lowest BCUT2D eigenvalue weighted by Gasteiger charge is -2.33. The number of halogens is 1. The van der Waals surface area contributed by atoms with Crippen LogP contribution in [-0.2, 0) is 9.05 Å². The second-order valence-corrected chi connectivity index (χ2v) is 6.77. The summed E-state index contributed by atoms with van der Waals surface area (Å²) in [5.74, 6) is 0.0859. The SMILES string of the molecule is CCN1CCN(CCCS(=O)(=O)Cl)CC1. The van der Waals surface area contributed by atoms with Gasteiger partial charge in [-0.05, 0) is 19.5 Å². The lowest BCUT2D eigenvalue weighted by molar-refractivity contribution is 0.138. The van der Waals surface area contributed by atoms with E-state index in [1.807, 2.05) is 0 Å². The Bertz CT molecular complexity index is 274. The van der Waals surface area contributed by atoms with Crippen molar-refractivity contribution in [2.24, 2.45) is 0 Å². The van der Waals surface area contributed by atoms with E-state index < -0.39 is 9.05 Å². The Morgan fingerprint density at radius 2 is 1.67 bits per heavy atom. The van der Waals surface area contributed by atoms with Crippen molar-refractivity contribution in [1.29, 1.82) is 0 Å². The van der Waals surface area contributed by atoms with E-state index in [0.717, 1.165) is 39.3 Å². The fourth-order valence-electron chi connectivity index (χ4n) is 1.79. The summed E-state index contributed by atoms with van der Waals surface area (Å²) < 4.78 is 21.4. The van der Waals surface area contributed by atoms with Crippen molar-refractivity contribution in [2.45, 2.75) is 13.3 Å². The van der Waals surface area contributed by atoms with Gasteiger partial charge in [-0.2, -0.15) is 0 Å². The third kappa shape index (κ3) is 5.70. The predicted octanol–water partition coefficient (Wildman–Crippen LogP) is 0.583. The molecule has 0 aromatic rings. The number of rotatable bonds is 5. The molecule has 1 heterocycles. The second-order valence-electron chi connectivity index (χ2n) is 3.87. The molecule has 6 heteroatoms. The summed E-state index contributed by atoms with van der Waals surface area (Å²) in [5.41, 5.74) is 0. The molecule has 15 heavy (non-hydrogen) atoms. The maximum Gasteiger partial charge on any atom is 0.232 e. The van der Waals surface area contributed by atoms with E-state index in [4.69, 9.17) is 10.7 Å². The zero-order valence-corrected chi connectivity index (χ0v) is 10.7. The van der Waals surface area contributed by atoms with Crippen molar-refractivity contribution >= 4 is 19.7 Å². The summed E-state index contributed by atoms with van der Waals surface area (Å²) in [5, 5.41) is 0. The fourth-order valence-corrected chi connectivity index (χ4v) is 2.59. The minimum absolute atomic E-state index is 0.0859. The van der Waals surface area contributed by atoms with Gasteiger partial charge in [-0.1, -0.05) is 6.92 Å². The van der Waals surface area contributed by atoms with Gasteiger partial charge in [-0.25, -0.2) is 8.42 Å². The molecule has 0 atom stereocenters. The van der Waals surface area contributed by atoms with Gasteiger partial charge < -0.3 is 9.80 Å². The number of likely N-dealkylation sites (N-methyl/N-ethyl adjacent to an activating group) is 1. The van der Waals surface area contributed by atoms with E-state index in [-0.39, 0.29) is 5.75 Å². The third-order valence-electron chi connectivity index (χ3n) is 2.77. The molecule has 1 saturated heterocycles. The van der Waals surface area contributed by atoms with E-state index in [9.17, 15) is 8.42 Å². The standard InChI is InChI=1S/C9H19ClN2O2S/c1-2-11-5-7-12(8-6-11)4-3-9-15(10,13)14/h2-9H2,1H3. The van der Waals surface area contributed by atoms with E-state index in [0.29, 0.717) is 6.42 Å². The number of hydrogen-bond donors (Lipinski definition) is 0. The molecule has 0 aromatic heterocycles. The Hall–Kier alpha value is 0.160. The van der Waals surface area contributed by atoms with Gasteiger partial charge >= 0.3 is 0 Å². The third-order valence-corrected chi connectivity index (χ3v) is 4.01. The Kier molecular flexibility index (Phi) is 5.32. The van der Waals surface area contributed by atoms with Crippen LogP contribution in [0.2, 0.25) is 0 Å². The highest BCUT2D eigenvalue weighted by atomic mass is 35.7. The van der Waals surface area contributed by atoms with E-state index >= 15 is 0 Å². The zero-order valence-electron chi connectivity index (χ0n) is 9.15. The monoisotopic (exact) mass is 254 g/mol. The molecule has 1 fully saturated rings.